The second-order valence-electron chi connectivity index (χ2n) is 4.95. The molecular weight excluding hydrogens is 294 g/mol. The lowest BCUT2D eigenvalue weighted by molar-refractivity contribution is 0.0731. The molecule has 0 fully saturated rings. The van der Waals surface area contributed by atoms with Crippen LogP contribution < -0.4 is 4.84 Å². The Hall–Kier alpha value is -3.29. The fourth-order valence-corrected chi connectivity index (χ4v) is 2.21. The van der Waals surface area contributed by atoms with Crippen molar-refractivity contribution in [2.45, 2.75) is 13.2 Å². The van der Waals surface area contributed by atoms with Crippen LogP contribution in [0.1, 0.15) is 11.4 Å². The Morgan fingerprint density at radius 2 is 1.83 bits per heavy atom. The first-order valence-electron chi connectivity index (χ1n) is 7.11. The van der Waals surface area contributed by atoms with Crippen molar-refractivity contribution >= 4 is 11.0 Å². The molecule has 4 rings (SSSR count). The van der Waals surface area contributed by atoms with Crippen molar-refractivity contribution < 1.29 is 4.84 Å². The Labute approximate surface area is 131 Å². The molecule has 0 bridgehead atoms. The van der Waals surface area contributed by atoms with E-state index in [0.717, 1.165) is 16.7 Å². The second kappa shape index (κ2) is 5.84. The summed E-state index contributed by atoms with van der Waals surface area (Å²) in [5, 5.41) is 16.2. The standard InChI is InChI=1S/C15H13N7O/c1-2-7-15-14(6-1)18-20-22(15)23-11-13-10-21(19-17-13)9-12-5-3-4-8-16-12/h1-8,10H,9,11H2. The molecule has 114 valence electrons. The summed E-state index contributed by atoms with van der Waals surface area (Å²) < 4.78 is 1.72. The highest BCUT2D eigenvalue weighted by Gasteiger charge is 2.07. The predicted octanol–water partition coefficient (Wildman–Crippen LogP) is 1.09. The maximum atomic E-state index is 5.62. The number of hydrogen-bond donors (Lipinski definition) is 0. The van der Waals surface area contributed by atoms with Gasteiger partial charge in [0.25, 0.3) is 0 Å². The van der Waals surface area contributed by atoms with Gasteiger partial charge in [0.1, 0.15) is 16.7 Å². The summed E-state index contributed by atoms with van der Waals surface area (Å²) in [5.74, 6) is 0. The van der Waals surface area contributed by atoms with Crippen LogP contribution in [-0.4, -0.2) is 35.1 Å². The van der Waals surface area contributed by atoms with Crippen molar-refractivity contribution in [3.05, 3.63) is 66.2 Å². The summed E-state index contributed by atoms with van der Waals surface area (Å²) in [5.41, 5.74) is 3.23. The van der Waals surface area contributed by atoms with E-state index >= 15 is 0 Å². The number of para-hydroxylation sites is 1. The van der Waals surface area contributed by atoms with Crippen molar-refractivity contribution in [2.75, 3.05) is 0 Å². The van der Waals surface area contributed by atoms with Crippen LogP contribution in [0.2, 0.25) is 0 Å². The molecule has 23 heavy (non-hydrogen) atoms. The minimum atomic E-state index is 0.259. The molecule has 0 N–H and O–H groups in total. The van der Waals surface area contributed by atoms with E-state index in [4.69, 9.17) is 4.84 Å². The summed E-state index contributed by atoms with van der Waals surface area (Å²) in [6.45, 7) is 0.829. The first-order chi connectivity index (χ1) is 11.4. The van der Waals surface area contributed by atoms with E-state index in [0.29, 0.717) is 12.2 Å². The van der Waals surface area contributed by atoms with Gasteiger partial charge in [-0.15, -0.1) is 10.2 Å². The molecular formula is C15H13N7O. The van der Waals surface area contributed by atoms with Gasteiger partial charge in [-0.3, -0.25) is 4.98 Å². The topological polar surface area (TPSA) is 83.5 Å². The van der Waals surface area contributed by atoms with Gasteiger partial charge in [0.2, 0.25) is 0 Å². The minimum absolute atomic E-state index is 0.259. The van der Waals surface area contributed by atoms with Gasteiger partial charge in [-0.25, -0.2) is 4.68 Å². The smallest absolute Gasteiger partial charge is 0.162 e. The Balaban J connectivity index is 1.44. The van der Waals surface area contributed by atoms with E-state index in [2.05, 4.69) is 25.6 Å². The predicted molar refractivity (Wildman–Crippen MR) is 81.2 cm³/mol. The molecule has 0 radical (unpaired) electrons. The highest BCUT2D eigenvalue weighted by molar-refractivity contribution is 5.73. The van der Waals surface area contributed by atoms with Crippen LogP contribution in [0.25, 0.3) is 11.0 Å². The number of benzene rings is 1. The maximum absolute atomic E-state index is 5.62. The molecule has 0 amide bonds. The largest absolute Gasteiger partial charge is 0.388 e. The average molecular weight is 307 g/mol. The van der Waals surface area contributed by atoms with Gasteiger partial charge in [-0.1, -0.05) is 28.3 Å². The Morgan fingerprint density at radius 3 is 2.74 bits per heavy atom. The summed E-state index contributed by atoms with van der Waals surface area (Å²) in [6.07, 6.45) is 3.58. The van der Waals surface area contributed by atoms with Crippen LogP contribution in [0.3, 0.4) is 0 Å². The van der Waals surface area contributed by atoms with E-state index in [1.165, 1.54) is 4.85 Å². The number of pyridine rings is 1. The van der Waals surface area contributed by atoms with Crippen LogP contribution in [0.15, 0.2) is 54.9 Å². The fourth-order valence-electron chi connectivity index (χ4n) is 2.21. The number of hydrogen-bond acceptors (Lipinski definition) is 6. The summed E-state index contributed by atoms with van der Waals surface area (Å²) in [4.78, 5) is 11.3. The van der Waals surface area contributed by atoms with E-state index in [1.807, 2.05) is 48.7 Å². The molecule has 0 saturated heterocycles. The minimum Gasteiger partial charge on any atom is -0.388 e. The van der Waals surface area contributed by atoms with Crippen LogP contribution in [0, 0.1) is 0 Å². The van der Waals surface area contributed by atoms with Gasteiger partial charge in [0.15, 0.2) is 6.61 Å². The average Bonchev–Trinajstić information content (AvgIpc) is 3.21. The van der Waals surface area contributed by atoms with Crippen molar-refractivity contribution in [1.29, 1.82) is 0 Å². The SMILES string of the molecule is c1ccc(Cn2cc(COn3nnc4ccccc43)nn2)nc1. The highest BCUT2D eigenvalue weighted by atomic mass is 16.7. The summed E-state index contributed by atoms with van der Waals surface area (Å²) in [6, 6.07) is 13.4. The molecule has 0 unspecified atom stereocenters. The molecule has 3 aromatic heterocycles. The summed E-state index contributed by atoms with van der Waals surface area (Å²) >= 11 is 0. The lowest BCUT2D eigenvalue weighted by Gasteiger charge is -2.02. The monoisotopic (exact) mass is 307 g/mol. The lowest BCUT2D eigenvalue weighted by atomic mass is 10.3. The lowest BCUT2D eigenvalue weighted by Crippen LogP contribution is -2.13. The fraction of sp³-hybridized carbons (Fsp3) is 0.133. The first-order valence-corrected chi connectivity index (χ1v) is 7.11. The van der Waals surface area contributed by atoms with Gasteiger partial charge in [0, 0.05) is 6.20 Å². The molecule has 8 heteroatoms. The number of nitrogens with zero attached hydrogens (tertiary/aromatic N) is 7. The van der Waals surface area contributed by atoms with Gasteiger partial charge in [-0.05, 0) is 29.5 Å². The molecule has 0 atom stereocenters. The molecule has 1 aromatic carbocycles. The molecule has 3 heterocycles. The van der Waals surface area contributed by atoms with Gasteiger partial charge in [-0.2, -0.15) is 0 Å². The number of aromatic nitrogens is 7. The van der Waals surface area contributed by atoms with E-state index in [-0.39, 0.29) is 6.61 Å². The summed E-state index contributed by atoms with van der Waals surface area (Å²) in [7, 11) is 0. The highest BCUT2D eigenvalue weighted by Crippen LogP contribution is 2.08. The zero-order valence-corrected chi connectivity index (χ0v) is 12.1. The van der Waals surface area contributed by atoms with Crippen LogP contribution in [0.5, 0.6) is 0 Å². The van der Waals surface area contributed by atoms with Crippen molar-refractivity contribution in [1.82, 2.24) is 35.1 Å². The van der Waals surface area contributed by atoms with Crippen LogP contribution >= 0.6 is 0 Å². The number of fused-ring (bicyclic) bond motifs is 1. The molecule has 0 saturated carbocycles. The van der Waals surface area contributed by atoms with E-state index < -0.39 is 0 Å². The zero-order valence-electron chi connectivity index (χ0n) is 12.1. The molecule has 0 aliphatic carbocycles. The molecule has 8 nitrogen and oxygen atoms in total. The van der Waals surface area contributed by atoms with Crippen LogP contribution in [0.4, 0.5) is 0 Å². The molecule has 4 aromatic rings. The normalized spacial score (nSPS) is 11.0. The van der Waals surface area contributed by atoms with Crippen molar-refractivity contribution in [3.8, 4) is 0 Å². The van der Waals surface area contributed by atoms with E-state index in [1.54, 1.807) is 10.9 Å². The maximum Gasteiger partial charge on any atom is 0.162 e. The quantitative estimate of drug-likeness (QED) is 0.549. The van der Waals surface area contributed by atoms with Crippen molar-refractivity contribution in [3.63, 3.8) is 0 Å². The Morgan fingerprint density at radius 1 is 0.913 bits per heavy atom. The third-order valence-electron chi connectivity index (χ3n) is 3.29. The van der Waals surface area contributed by atoms with Crippen molar-refractivity contribution in [2.24, 2.45) is 0 Å². The molecule has 0 aliphatic heterocycles. The van der Waals surface area contributed by atoms with E-state index in [9.17, 15) is 0 Å². The van der Waals surface area contributed by atoms with Gasteiger partial charge >= 0.3 is 0 Å². The Bertz CT molecular complexity index is 916. The molecule has 0 spiro atoms. The molecule has 0 aliphatic rings. The Kier molecular flexibility index (Phi) is 3.39. The first kappa shape index (κ1) is 13.4. The van der Waals surface area contributed by atoms with Gasteiger partial charge in [0.05, 0.1) is 18.4 Å². The third-order valence-corrected chi connectivity index (χ3v) is 3.29. The zero-order chi connectivity index (χ0) is 15.5. The van der Waals surface area contributed by atoms with Crippen LogP contribution in [-0.2, 0) is 13.2 Å². The third kappa shape index (κ3) is 2.86. The number of rotatable bonds is 5. The second-order valence-corrected chi connectivity index (χ2v) is 4.95. The van der Waals surface area contributed by atoms with Gasteiger partial charge < -0.3 is 4.84 Å².